The van der Waals surface area contributed by atoms with E-state index in [2.05, 4.69) is 12.2 Å². The summed E-state index contributed by atoms with van der Waals surface area (Å²) >= 11 is 0. The van der Waals surface area contributed by atoms with Crippen LogP contribution in [0.1, 0.15) is 22.3 Å². The molecule has 0 fully saturated rings. The van der Waals surface area contributed by atoms with Gasteiger partial charge in [-0.1, -0.05) is 30.3 Å². The van der Waals surface area contributed by atoms with Gasteiger partial charge >= 0.3 is 5.97 Å². The highest BCUT2D eigenvalue weighted by Gasteiger charge is 2.19. The third-order valence-corrected chi connectivity index (χ3v) is 4.39. The average molecular weight is 324 g/mol. The molecule has 0 amide bonds. The van der Waals surface area contributed by atoms with E-state index in [1.165, 1.54) is 7.11 Å². The Morgan fingerprint density at radius 3 is 2.54 bits per heavy atom. The second-order valence-electron chi connectivity index (χ2n) is 5.84. The molecule has 2 aromatic carbocycles. The summed E-state index contributed by atoms with van der Waals surface area (Å²) in [5.41, 5.74) is 1.23. The van der Waals surface area contributed by atoms with E-state index >= 15 is 0 Å². The zero-order chi connectivity index (χ0) is 17.1. The highest BCUT2D eigenvalue weighted by Crippen LogP contribution is 2.34. The van der Waals surface area contributed by atoms with E-state index in [1.807, 2.05) is 30.3 Å². The van der Waals surface area contributed by atoms with Gasteiger partial charge in [0.2, 0.25) is 0 Å². The van der Waals surface area contributed by atoms with Gasteiger partial charge in [-0.3, -0.25) is 0 Å². The van der Waals surface area contributed by atoms with Crippen LogP contribution in [0.3, 0.4) is 0 Å². The molecule has 1 atom stereocenters. The van der Waals surface area contributed by atoms with E-state index in [-0.39, 0.29) is 5.56 Å². The molecule has 0 aliphatic heterocycles. The van der Waals surface area contributed by atoms with Crippen molar-refractivity contribution in [3.8, 4) is 5.75 Å². The summed E-state index contributed by atoms with van der Waals surface area (Å²) in [6.07, 6.45) is 7.81. The van der Waals surface area contributed by atoms with Gasteiger partial charge in [0.25, 0.3) is 0 Å². The summed E-state index contributed by atoms with van der Waals surface area (Å²) in [6, 6.07) is 9.53. The van der Waals surface area contributed by atoms with Crippen molar-refractivity contribution in [1.29, 1.82) is 0 Å². The molecule has 3 rings (SSSR count). The molecule has 0 bridgehead atoms. The van der Waals surface area contributed by atoms with Crippen LogP contribution in [0.2, 0.25) is 0 Å². The fourth-order valence-electron chi connectivity index (χ4n) is 3.20. The number of carboxylic acids is 1. The molecule has 1 unspecified atom stereocenters. The van der Waals surface area contributed by atoms with Gasteiger partial charge in [-0.05, 0) is 47.9 Å². The highest BCUT2D eigenvalue weighted by atomic mass is 16.5. The Morgan fingerprint density at radius 2 is 1.96 bits per heavy atom. The number of aromatic carboxylic acids is 1. The van der Waals surface area contributed by atoms with Crippen molar-refractivity contribution < 1.29 is 19.4 Å². The molecule has 0 saturated heterocycles. The zero-order valence-corrected chi connectivity index (χ0v) is 13.8. The van der Waals surface area contributed by atoms with Crippen molar-refractivity contribution in [2.45, 2.75) is 12.8 Å². The molecule has 124 valence electrons. The van der Waals surface area contributed by atoms with Crippen LogP contribution in [0.15, 0.2) is 54.3 Å². The number of methoxy groups -OCH3 is 2. The molecule has 0 heterocycles. The lowest BCUT2D eigenvalue weighted by molar-refractivity contribution is 0.0693. The molecule has 0 radical (unpaired) electrons. The normalized spacial score (nSPS) is 16.8. The topological polar surface area (TPSA) is 55.8 Å². The molecule has 1 aliphatic carbocycles. The SMILES string of the molecule is COC1=CCC(Cc2cc(C(=O)O)c(OC)c3ccccc23)C=C1. The lowest BCUT2D eigenvalue weighted by Gasteiger charge is -2.18. The molecular weight excluding hydrogens is 304 g/mol. The Kier molecular flexibility index (Phi) is 4.56. The number of rotatable bonds is 5. The summed E-state index contributed by atoms with van der Waals surface area (Å²) < 4.78 is 10.6. The van der Waals surface area contributed by atoms with E-state index in [4.69, 9.17) is 9.47 Å². The Balaban J connectivity index is 2.03. The summed E-state index contributed by atoms with van der Waals surface area (Å²) in [4.78, 5) is 11.6. The van der Waals surface area contributed by atoms with Gasteiger partial charge in [-0.25, -0.2) is 4.79 Å². The van der Waals surface area contributed by atoms with Gasteiger partial charge in [0, 0.05) is 5.39 Å². The van der Waals surface area contributed by atoms with Crippen molar-refractivity contribution in [2.75, 3.05) is 14.2 Å². The van der Waals surface area contributed by atoms with E-state index in [1.54, 1.807) is 13.2 Å². The second-order valence-corrected chi connectivity index (χ2v) is 5.84. The molecule has 1 N–H and O–H groups in total. The van der Waals surface area contributed by atoms with Crippen LogP contribution in [0, 0.1) is 5.92 Å². The highest BCUT2D eigenvalue weighted by molar-refractivity contribution is 6.02. The second kappa shape index (κ2) is 6.79. The van der Waals surface area contributed by atoms with E-state index in [0.717, 1.165) is 34.9 Å². The van der Waals surface area contributed by atoms with E-state index in [0.29, 0.717) is 11.7 Å². The van der Waals surface area contributed by atoms with Gasteiger partial charge < -0.3 is 14.6 Å². The summed E-state index contributed by atoms with van der Waals surface area (Å²) in [7, 11) is 3.17. The summed E-state index contributed by atoms with van der Waals surface area (Å²) in [5, 5.41) is 11.4. The van der Waals surface area contributed by atoms with Gasteiger partial charge in [-0.15, -0.1) is 0 Å². The Labute approximate surface area is 141 Å². The predicted octanol–water partition coefficient (Wildman–Crippen LogP) is 4.20. The fraction of sp³-hybridized carbons (Fsp3) is 0.250. The molecule has 4 nitrogen and oxygen atoms in total. The van der Waals surface area contributed by atoms with Gasteiger partial charge in [0.15, 0.2) is 0 Å². The molecule has 24 heavy (non-hydrogen) atoms. The zero-order valence-electron chi connectivity index (χ0n) is 13.8. The van der Waals surface area contributed by atoms with Crippen LogP contribution in [-0.2, 0) is 11.2 Å². The average Bonchev–Trinajstić information content (AvgIpc) is 2.62. The van der Waals surface area contributed by atoms with E-state index in [9.17, 15) is 9.90 Å². The lowest BCUT2D eigenvalue weighted by atomic mass is 9.89. The first kappa shape index (κ1) is 16.1. The van der Waals surface area contributed by atoms with Crippen molar-refractivity contribution in [3.63, 3.8) is 0 Å². The number of carbonyl (C=O) groups is 1. The molecule has 0 spiro atoms. The Hall–Kier alpha value is -2.75. The van der Waals surface area contributed by atoms with Gasteiger partial charge in [0.1, 0.15) is 17.1 Å². The minimum atomic E-state index is -0.973. The predicted molar refractivity (Wildman–Crippen MR) is 93.5 cm³/mol. The third-order valence-electron chi connectivity index (χ3n) is 4.39. The number of hydrogen-bond donors (Lipinski definition) is 1. The number of allylic oxidation sites excluding steroid dienone is 3. The van der Waals surface area contributed by atoms with Crippen molar-refractivity contribution in [2.24, 2.45) is 5.92 Å². The first-order valence-corrected chi connectivity index (χ1v) is 7.88. The largest absolute Gasteiger partial charge is 0.497 e. The molecule has 0 saturated carbocycles. The van der Waals surface area contributed by atoms with Crippen molar-refractivity contribution in [3.05, 3.63) is 65.4 Å². The molecule has 1 aliphatic rings. The van der Waals surface area contributed by atoms with Crippen molar-refractivity contribution >= 4 is 16.7 Å². The minimum Gasteiger partial charge on any atom is -0.497 e. The maximum Gasteiger partial charge on any atom is 0.339 e. The Bertz CT molecular complexity index is 833. The first-order valence-electron chi connectivity index (χ1n) is 7.88. The monoisotopic (exact) mass is 324 g/mol. The van der Waals surface area contributed by atoms with E-state index < -0.39 is 5.97 Å². The number of benzene rings is 2. The van der Waals surface area contributed by atoms with Crippen LogP contribution in [0.25, 0.3) is 10.8 Å². The maximum atomic E-state index is 11.6. The number of ether oxygens (including phenoxy) is 2. The summed E-state index contributed by atoms with van der Waals surface area (Å²) in [5.74, 6) is 0.640. The smallest absolute Gasteiger partial charge is 0.339 e. The van der Waals surface area contributed by atoms with Gasteiger partial charge in [0.05, 0.1) is 14.2 Å². The molecular formula is C20H20O4. The maximum absolute atomic E-state index is 11.6. The number of carboxylic acid groups (broad SMARTS) is 1. The third kappa shape index (κ3) is 3.00. The molecule has 4 heteroatoms. The number of fused-ring (bicyclic) bond motifs is 1. The first-order chi connectivity index (χ1) is 11.6. The minimum absolute atomic E-state index is 0.208. The summed E-state index contributed by atoms with van der Waals surface area (Å²) in [6.45, 7) is 0. The molecule has 2 aromatic rings. The van der Waals surface area contributed by atoms with Crippen LogP contribution in [0.5, 0.6) is 5.75 Å². The standard InChI is InChI=1S/C20H20O4/c1-23-15-9-7-13(8-10-15)11-14-12-18(20(21)22)19(24-2)17-6-4-3-5-16(14)17/h3-7,9-10,12-13H,8,11H2,1-2H3,(H,21,22). The number of hydrogen-bond acceptors (Lipinski definition) is 3. The fourth-order valence-corrected chi connectivity index (χ4v) is 3.20. The quantitative estimate of drug-likeness (QED) is 0.896. The van der Waals surface area contributed by atoms with Crippen LogP contribution >= 0.6 is 0 Å². The Morgan fingerprint density at radius 1 is 1.21 bits per heavy atom. The van der Waals surface area contributed by atoms with Crippen LogP contribution < -0.4 is 4.74 Å². The van der Waals surface area contributed by atoms with Gasteiger partial charge in [-0.2, -0.15) is 0 Å². The lowest BCUT2D eigenvalue weighted by Crippen LogP contribution is -2.08. The van der Waals surface area contributed by atoms with Crippen LogP contribution in [-0.4, -0.2) is 25.3 Å². The van der Waals surface area contributed by atoms with Crippen LogP contribution in [0.4, 0.5) is 0 Å². The van der Waals surface area contributed by atoms with Crippen molar-refractivity contribution in [1.82, 2.24) is 0 Å². The molecule has 0 aromatic heterocycles.